The second-order valence-corrected chi connectivity index (χ2v) is 4.24. The lowest BCUT2D eigenvalue weighted by molar-refractivity contribution is 0.568. The number of benzene rings is 1. The highest BCUT2D eigenvalue weighted by atomic mass is 16.3. The van der Waals surface area contributed by atoms with Gasteiger partial charge in [0.05, 0.1) is 12.5 Å². The molecule has 0 saturated carbocycles. The third-order valence-electron chi connectivity index (χ3n) is 2.52. The van der Waals surface area contributed by atoms with Gasteiger partial charge in [-0.25, -0.2) is 0 Å². The van der Waals surface area contributed by atoms with Gasteiger partial charge in [-0.05, 0) is 17.2 Å². The van der Waals surface area contributed by atoms with Crippen LogP contribution >= 0.6 is 0 Å². The average molecular weight is 215 g/mol. The summed E-state index contributed by atoms with van der Waals surface area (Å²) >= 11 is 0. The maximum absolute atomic E-state index is 5.07. The van der Waals surface area contributed by atoms with Crippen LogP contribution in [0.2, 0.25) is 0 Å². The van der Waals surface area contributed by atoms with Crippen molar-refractivity contribution in [1.29, 1.82) is 0 Å². The molecule has 2 rings (SSSR count). The van der Waals surface area contributed by atoms with Crippen LogP contribution < -0.4 is 5.32 Å². The van der Waals surface area contributed by atoms with Gasteiger partial charge in [0.25, 0.3) is 0 Å². The first-order chi connectivity index (χ1) is 7.75. The third kappa shape index (κ3) is 2.74. The van der Waals surface area contributed by atoms with Crippen molar-refractivity contribution in [2.45, 2.75) is 26.4 Å². The smallest absolute Gasteiger partial charge is 0.0980 e. The lowest BCUT2D eigenvalue weighted by atomic mass is 10.1. The van der Waals surface area contributed by atoms with Crippen LogP contribution in [0.5, 0.6) is 0 Å². The first-order valence-electron chi connectivity index (χ1n) is 5.60. The minimum Gasteiger partial charge on any atom is -0.472 e. The van der Waals surface area contributed by atoms with Crippen molar-refractivity contribution in [3.63, 3.8) is 0 Å². The molecule has 0 aliphatic rings. The van der Waals surface area contributed by atoms with Crippen LogP contribution in [-0.4, -0.2) is 6.04 Å². The number of furan rings is 1. The molecule has 0 atom stereocenters. The topological polar surface area (TPSA) is 25.2 Å². The summed E-state index contributed by atoms with van der Waals surface area (Å²) in [6, 6.07) is 11.1. The molecule has 1 aromatic carbocycles. The van der Waals surface area contributed by atoms with E-state index in [0.717, 1.165) is 12.1 Å². The monoisotopic (exact) mass is 215 g/mol. The van der Waals surface area contributed by atoms with Gasteiger partial charge >= 0.3 is 0 Å². The van der Waals surface area contributed by atoms with Crippen molar-refractivity contribution in [3.05, 3.63) is 48.4 Å². The van der Waals surface area contributed by atoms with Crippen LogP contribution in [0.3, 0.4) is 0 Å². The summed E-state index contributed by atoms with van der Waals surface area (Å²) in [6.45, 7) is 5.23. The van der Waals surface area contributed by atoms with E-state index in [0.29, 0.717) is 6.04 Å². The van der Waals surface area contributed by atoms with Crippen molar-refractivity contribution in [2.24, 2.45) is 0 Å². The lowest BCUT2D eigenvalue weighted by Gasteiger charge is -2.08. The van der Waals surface area contributed by atoms with E-state index in [1.54, 1.807) is 12.5 Å². The van der Waals surface area contributed by atoms with E-state index < -0.39 is 0 Å². The Morgan fingerprint density at radius 2 is 1.81 bits per heavy atom. The summed E-state index contributed by atoms with van der Waals surface area (Å²) in [5, 5.41) is 3.40. The van der Waals surface area contributed by atoms with Crippen LogP contribution in [0.4, 0.5) is 0 Å². The van der Waals surface area contributed by atoms with E-state index in [4.69, 9.17) is 4.42 Å². The molecule has 84 valence electrons. The van der Waals surface area contributed by atoms with Crippen molar-refractivity contribution < 1.29 is 4.42 Å². The molecular weight excluding hydrogens is 198 g/mol. The minimum atomic E-state index is 0.522. The Balaban J connectivity index is 2.05. The first kappa shape index (κ1) is 11.0. The highest BCUT2D eigenvalue weighted by molar-refractivity contribution is 5.62. The summed E-state index contributed by atoms with van der Waals surface area (Å²) < 4.78 is 5.07. The van der Waals surface area contributed by atoms with Crippen LogP contribution in [0.15, 0.2) is 47.3 Å². The van der Waals surface area contributed by atoms with Gasteiger partial charge in [0.1, 0.15) is 0 Å². The van der Waals surface area contributed by atoms with Gasteiger partial charge in [-0.2, -0.15) is 0 Å². The zero-order chi connectivity index (χ0) is 11.4. The number of nitrogens with one attached hydrogen (secondary N) is 1. The fraction of sp³-hybridized carbons (Fsp3) is 0.286. The Morgan fingerprint density at radius 3 is 2.38 bits per heavy atom. The summed E-state index contributed by atoms with van der Waals surface area (Å²) in [5.74, 6) is 0. The molecular formula is C14H17NO. The predicted molar refractivity (Wildman–Crippen MR) is 66.1 cm³/mol. The quantitative estimate of drug-likeness (QED) is 0.845. The lowest BCUT2D eigenvalue weighted by Crippen LogP contribution is -2.21. The molecule has 0 unspecified atom stereocenters. The highest BCUT2D eigenvalue weighted by Crippen LogP contribution is 2.19. The zero-order valence-corrected chi connectivity index (χ0v) is 9.73. The fourth-order valence-corrected chi connectivity index (χ4v) is 1.57. The molecule has 1 aromatic heterocycles. The molecule has 1 N–H and O–H groups in total. The van der Waals surface area contributed by atoms with E-state index in [-0.39, 0.29) is 0 Å². The first-order valence-corrected chi connectivity index (χ1v) is 5.60. The van der Waals surface area contributed by atoms with E-state index in [1.807, 2.05) is 6.07 Å². The highest BCUT2D eigenvalue weighted by Gasteiger charge is 1.99. The van der Waals surface area contributed by atoms with Crippen molar-refractivity contribution in [3.8, 4) is 11.1 Å². The third-order valence-corrected chi connectivity index (χ3v) is 2.52. The van der Waals surface area contributed by atoms with Gasteiger partial charge in [-0.1, -0.05) is 38.1 Å². The summed E-state index contributed by atoms with van der Waals surface area (Å²) in [6.07, 6.45) is 3.46. The van der Waals surface area contributed by atoms with Crippen molar-refractivity contribution in [1.82, 2.24) is 5.32 Å². The van der Waals surface area contributed by atoms with E-state index in [9.17, 15) is 0 Å². The van der Waals surface area contributed by atoms with E-state index >= 15 is 0 Å². The molecule has 0 aliphatic heterocycles. The van der Waals surface area contributed by atoms with Gasteiger partial charge in [0.2, 0.25) is 0 Å². The standard InChI is InChI=1S/C14H17NO/c1-11(2)15-9-12-3-5-13(6-4-12)14-7-8-16-10-14/h3-8,10-11,15H,9H2,1-2H3. The van der Waals surface area contributed by atoms with Crippen molar-refractivity contribution >= 4 is 0 Å². The van der Waals surface area contributed by atoms with Crippen LogP contribution in [-0.2, 0) is 6.54 Å². The number of hydrogen-bond donors (Lipinski definition) is 1. The molecule has 0 saturated heterocycles. The van der Waals surface area contributed by atoms with Gasteiger partial charge in [-0.3, -0.25) is 0 Å². The van der Waals surface area contributed by atoms with Crippen LogP contribution in [0.1, 0.15) is 19.4 Å². The predicted octanol–water partition coefficient (Wildman–Crippen LogP) is 3.44. The molecule has 2 nitrogen and oxygen atoms in total. The van der Waals surface area contributed by atoms with Crippen LogP contribution in [0, 0.1) is 0 Å². The molecule has 0 radical (unpaired) electrons. The second kappa shape index (κ2) is 4.99. The molecule has 0 spiro atoms. The van der Waals surface area contributed by atoms with E-state index in [1.165, 1.54) is 11.1 Å². The summed E-state index contributed by atoms with van der Waals surface area (Å²) in [7, 11) is 0. The van der Waals surface area contributed by atoms with E-state index in [2.05, 4.69) is 43.4 Å². The molecule has 1 heterocycles. The maximum atomic E-state index is 5.07. The summed E-state index contributed by atoms with van der Waals surface area (Å²) in [4.78, 5) is 0. The number of hydrogen-bond acceptors (Lipinski definition) is 2. The SMILES string of the molecule is CC(C)NCc1ccc(-c2ccoc2)cc1. The molecule has 0 fully saturated rings. The molecule has 0 amide bonds. The Hall–Kier alpha value is -1.54. The summed E-state index contributed by atoms with van der Waals surface area (Å²) in [5.41, 5.74) is 3.63. The Bertz CT molecular complexity index is 415. The Labute approximate surface area is 96.3 Å². The fourth-order valence-electron chi connectivity index (χ4n) is 1.57. The zero-order valence-electron chi connectivity index (χ0n) is 9.73. The Kier molecular flexibility index (Phi) is 3.42. The second-order valence-electron chi connectivity index (χ2n) is 4.24. The molecule has 16 heavy (non-hydrogen) atoms. The molecule has 2 heteroatoms. The van der Waals surface area contributed by atoms with Gasteiger partial charge in [0.15, 0.2) is 0 Å². The van der Waals surface area contributed by atoms with Crippen molar-refractivity contribution in [2.75, 3.05) is 0 Å². The maximum Gasteiger partial charge on any atom is 0.0980 e. The largest absolute Gasteiger partial charge is 0.472 e. The molecule has 0 aliphatic carbocycles. The van der Waals surface area contributed by atoms with Gasteiger partial charge in [-0.15, -0.1) is 0 Å². The van der Waals surface area contributed by atoms with Crippen LogP contribution in [0.25, 0.3) is 11.1 Å². The Morgan fingerprint density at radius 1 is 1.06 bits per heavy atom. The molecule has 2 aromatic rings. The minimum absolute atomic E-state index is 0.522. The number of rotatable bonds is 4. The van der Waals surface area contributed by atoms with Gasteiger partial charge < -0.3 is 9.73 Å². The van der Waals surface area contributed by atoms with Gasteiger partial charge in [0, 0.05) is 18.2 Å². The normalized spacial score (nSPS) is 10.9. The molecule has 0 bridgehead atoms. The average Bonchev–Trinajstić information content (AvgIpc) is 2.80.